The number of aromatic nitrogens is 1. The molecule has 1 N–H and O–H groups in total. The van der Waals surface area contributed by atoms with Crippen molar-refractivity contribution < 1.29 is 28.2 Å². The Morgan fingerprint density at radius 3 is 2.37 bits per heavy atom. The molecular formula is C26H19FN2O6. The van der Waals surface area contributed by atoms with E-state index in [1.807, 2.05) is 0 Å². The van der Waals surface area contributed by atoms with Gasteiger partial charge in [-0.1, -0.05) is 0 Å². The fourth-order valence-corrected chi connectivity index (χ4v) is 3.89. The summed E-state index contributed by atoms with van der Waals surface area (Å²) in [6.45, 7) is -0.274. The molecule has 0 atom stereocenters. The van der Waals surface area contributed by atoms with Crippen molar-refractivity contribution in [3.05, 3.63) is 94.0 Å². The SMILES string of the molecule is COc1ccc(NC(=O)Cn2c(C(=O)c3ccc(F)cc3)cc(=O)c3cc4c(cc32)OCO4)cc1. The minimum absolute atomic E-state index is 0.000825. The summed E-state index contributed by atoms with van der Waals surface area (Å²) < 4.78 is 30.8. The summed E-state index contributed by atoms with van der Waals surface area (Å²) >= 11 is 0. The van der Waals surface area contributed by atoms with E-state index in [4.69, 9.17) is 14.2 Å². The summed E-state index contributed by atoms with van der Waals surface area (Å²) in [5.74, 6) is -0.0133. The van der Waals surface area contributed by atoms with Crippen LogP contribution in [0.5, 0.6) is 17.2 Å². The topological polar surface area (TPSA) is 95.9 Å². The number of benzene rings is 3. The van der Waals surface area contributed by atoms with Crippen molar-refractivity contribution in [1.29, 1.82) is 0 Å². The number of hydrogen-bond donors (Lipinski definition) is 1. The van der Waals surface area contributed by atoms with Crippen molar-refractivity contribution in [2.45, 2.75) is 6.54 Å². The van der Waals surface area contributed by atoms with Crippen LogP contribution in [0.25, 0.3) is 10.9 Å². The lowest BCUT2D eigenvalue weighted by atomic mass is 10.0. The summed E-state index contributed by atoms with van der Waals surface area (Å²) in [6.07, 6.45) is 0. The van der Waals surface area contributed by atoms with Crippen LogP contribution in [0.4, 0.5) is 10.1 Å². The summed E-state index contributed by atoms with van der Waals surface area (Å²) in [4.78, 5) is 39.3. The number of nitrogens with one attached hydrogen (secondary N) is 1. The molecular weight excluding hydrogens is 455 g/mol. The normalized spacial score (nSPS) is 11.9. The molecule has 1 aliphatic heterocycles. The number of nitrogens with zero attached hydrogens (tertiary/aromatic N) is 1. The summed E-state index contributed by atoms with van der Waals surface area (Å²) in [7, 11) is 1.54. The Kier molecular flexibility index (Phi) is 5.66. The molecule has 8 nitrogen and oxygen atoms in total. The van der Waals surface area contributed by atoms with Crippen LogP contribution in [0.15, 0.2) is 71.5 Å². The highest BCUT2D eigenvalue weighted by molar-refractivity contribution is 6.09. The highest BCUT2D eigenvalue weighted by Gasteiger charge is 2.23. The summed E-state index contributed by atoms with van der Waals surface area (Å²) in [5, 5.41) is 3.04. The number of fused-ring (bicyclic) bond motifs is 2. The number of pyridine rings is 1. The molecule has 0 spiro atoms. The minimum Gasteiger partial charge on any atom is -0.497 e. The lowest BCUT2D eigenvalue weighted by Gasteiger charge is -2.17. The summed E-state index contributed by atoms with van der Waals surface area (Å²) in [6, 6.07) is 16.0. The Balaban J connectivity index is 1.59. The molecule has 2 heterocycles. The minimum atomic E-state index is -0.529. The van der Waals surface area contributed by atoms with Crippen LogP contribution in [-0.2, 0) is 11.3 Å². The predicted molar refractivity (Wildman–Crippen MR) is 126 cm³/mol. The Morgan fingerprint density at radius 1 is 1.00 bits per heavy atom. The molecule has 4 aromatic rings. The Labute approximate surface area is 198 Å². The molecule has 0 saturated carbocycles. The Hall–Kier alpha value is -4.66. The lowest BCUT2D eigenvalue weighted by Crippen LogP contribution is -2.25. The number of methoxy groups -OCH3 is 1. The first kappa shape index (κ1) is 22.1. The van der Waals surface area contributed by atoms with E-state index in [1.54, 1.807) is 37.4 Å². The predicted octanol–water partition coefficient (Wildman–Crippen LogP) is 3.75. The maximum Gasteiger partial charge on any atom is 0.244 e. The van der Waals surface area contributed by atoms with Crippen molar-refractivity contribution in [3.8, 4) is 17.2 Å². The molecule has 9 heteroatoms. The van der Waals surface area contributed by atoms with E-state index in [9.17, 15) is 18.8 Å². The molecule has 5 rings (SSSR count). The average molecular weight is 474 g/mol. The van der Waals surface area contributed by atoms with Gasteiger partial charge in [-0.2, -0.15) is 0 Å². The van der Waals surface area contributed by atoms with Gasteiger partial charge in [-0.3, -0.25) is 14.4 Å². The van der Waals surface area contributed by atoms with E-state index in [0.29, 0.717) is 28.5 Å². The van der Waals surface area contributed by atoms with Gasteiger partial charge in [0.2, 0.25) is 18.5 Å². The molecule has 0 saturated heterocycles. The molecule has 0 fully saturated rings. The third-order valence-electron chi connectivity index (χ3n) is 5.62. The van der Waals surface area contributed by atoms with Crippen LogP contribution in [0, 0.1) is 5.82 Å². The molecule has 0 aliphatic carbocycles. The molecule has 35 heavy (non-hydrogen) atoms. The number of halogens is 1. The zero-order chi connectivity index (χ0) is 24.5. The van der Waals surface area contributed by atoms with Crippen molar-refractivity contribution in [2.75, 3.05) is 19.2 Å². The first-order valence-corrected chi connectivity index (χ1v) is 10.6. The van der Waals surface area contributed by atoms with E-state index < -0.39 is 22.9 Å². The van der Waals surface area contributed by atoms with E-state index in [0.717, 1.165) is 12.1 Å². The number of ether oxygens (including phenoxy) is 3. The average Bonchev–Trinajstić information content (AvgIpc) is 3.33. The molecule has 1 amide bonds. The fraction of sp³-hybridized carbons (Fsp3) is 0.115. The number of carbonyl (C=O) groups excluding carboxylic acids is 2. The van der Waals surface area contributed by atoms with Crippen molar-refractivity contribution in [2.24, 2.45) is 0 Å². The first-order valence-electron chi connectivity index (χ1n) is 10.6. The van der Waals surface area contributed by atoms with Gasteiger partial charge in [0.25, 0.3) is 0 Å². The fourth-order valence-electron chi connectivity index (χ4n) is 3.89. The second-order valence-electron chi connectivity index (χ2n) is 7.82. The molecule has 0 unspecified atom stereocenters. The van der Waals surface area contributed by atoms with Gasteiger partial charge >= 0.3 is 0 Å². The number of amides is 1. The molecule has 1 aliphatic rings. The zero-order valence-electron chi connectivity index (χ0n) is 18.5. The smallest absolute Gasteiger partial charge is 0.244 e. The highest BCUT2D eigenvalue weighted by Crippen LogP contribution is 2.35. The number of carbonyl (C=O) groups is 2. The van der Waals surface area contributed by atoms with Crippen LogP contribution in [0.2, 0.25) is 0 Å². The highest BCUT2D eigenvalue weighted by atomic mass is 19.1. The van der Waals surface area contributed by atoms with Gasteiger partial charge in [-0.05, 0) is 54.6 Å². The number of hydrogen-bond acceptors (Lipinski definition) is 6. The third kappa shape index (κ3) is 4.31. The lowest BCUT2D eigenvalue weighted by molar-refractivity contribution is -0.116. The second-order valence-corrected chi connectivity index (χ2v) is 7.82. The standard InChI is InChI=1S/C26H19FN2O6/c1-33-18-8-6-17(7-9-18)28-25(31)13-29-20-12-24-23(34-14-35-24)10-19(20)22(30)11-21(29)26(32)15-2-4-16(27)5-3-15/h2-12H,13-14H2,1H3,(H,28,31). The van der Waals surface area contributed by atoms with Gasteiger partial charge < -0.3 is 24.1 Å². The van der Waals surface area contributed by atoms with Crippen LogP contribution in [0.3, 0.4) is 0 Å². The van der Waals surface area contributed by atoms with Gasteiger partial charge in [0.05, 0.1) is 18.3 Å². The van der Waals surface area contributed by atoms with Crippen LogP contribution in [0.1, 0.15) is 16.1 Å². The number of rotatable bonds is 6. The van der Waals surface area contributed by atoms with E-state index in [-0.39, 0.29) is 30.0 Å². The number of anilines is 1. The van der Waals surface area contributed by atoms with E-state index in [1.165, 1.54) is 28.8 Å². The van der Waals surface area contributed by atoms with Gasteiger partial charge in [0, 0.05) is 28.8 Å². The second kappa shape index (κ2) is 8.94. The molecule has 176 valence electrons. The number of ketones is 1. The maximum absolute atomic E-state index is 13.4. The molecule has 3 aromatic carbocycles. The quantitative estimate of drug-likeness (QED) is 0.428. The van der Waals surface area contributed by atoms with Crippen molar-refractivity contribution in [3.63, 3.8) is 0 Å². The molecule has 1 aromatic heterocycles. The largest absolute Gasteiger partial charge is 0.497 e. The zero-order valence-corrected chi connectivity index (χ0v) is 18.5. The monoisotopic (exact) mass is 474 g/mol. The van der Waals surface area contributed by atoms with Crippen molar-refractivity contribution in [1.82, 2.24) is 4.57 Å². The van der Waals surface area contributed by atoms with Crippen LogP contribution < -0.4 is 25.0 Å². The van der Waals surface area contributed by atoms with Crippen molar-refractivity contribution >= 4 is 28.3 Å². The van der Waals surface area contributed by atoms with Gasteiger partial charge in [-0.25, -0.2) is 4.39 Å². The maximum atomic E-state index is 13.4. The molecule has 0 radical (unpaired) electrons. The molecule has 0 bridgehead atoms. The van der Waals surface area contributed by atoms with Gasteiger partial charge in [-0.15, -0.1) is 0 Å². The van der Waals surface area contributed by atoms with Crippen LogP contribution >= 0.6 is 0 Å². The van der Waals surface area contributed by atoms with E-state index in [2.05, 4.69) is 5.32 Å². The van der Waals surface area contributed by atoms with Gasteiger partial charge in [0.1, 0.15) is 18.1 Å². The Morgan fingerprint density at radius 2 is 1.69 bits per heavy atom. The van der Waals surface area contributed by atoms with Gasteiger partial charge in [0.15, 0.2) is 16.9 Å². The summed E-state index contributed by atoms with van der Waals surface area (Å²) in [5.41, 5.74) is 0.603. The first-order chi connectivity index (χ1) is 16.9. The van der Waals surface area contributed by atoms with E-state index >= 15 is 0 Å². The Bertz CT molecular complexity index is 1510. The van der Waals surface area contributed by atoms with Crippen LogP contribution in [-0.4, -0.2) is 30.2 Å². The third-order valence-corrected chi connectivity index (χ3v) is 5.62.